The SMILES string of the molecule is CC12CCC3c4ccc(O)cc4C(=NOCC(=O)O)CC3C1C[C@@H](O)[C@@H]2O. The zero-order chi connectivity index (χ0) is 19.3. The second kappa shape index (κ2) is 6.49. The maximum atomic E-state index is 10.7. The van der Waals surface area contributed by atoms with E-state index in [0.29, 0.717) is 18.6 Å². The summed E-state index contributed by atoms with van der Waals surface area (Å²) in [6, 6.07) is 5.21. The van der Waals surface area contributed by atoms with Crippen molar-refractivity contribution in [1.29, 1.82) is 0 Å². The van der Waals surface area contributed by atoms with Gasteiger partial charge in [-0.05, 0) is 66.5 Å². The smallest absolute Gasteiger partial charge is 0.344 e. The Morgan fingerprint density at radius 1 is 1.37 bits per heavy atom. The topological polar surface area (TPSA) is 120 Å². The fourth-order valence-corrected chi connectivity index (χ4v) is 5.65. The molecule has 0 saturated heterocycles. The molecular formula is C20H25NO6. The molecule has 2 saturated carbocycles. The predicted molar refractivity (Wildman–Crippen MR) is 96.5 cm³/mol. The molecule has 0 aromatic heterocycles. The van der Waals surface area contributed by atoms with Crippen LogP contribution in [0.5, 0.6) is 5.75 Å². The fourth-order valence-electron chi connectivity index (χ4n) is 5.65. The van der Waals surface area contributed by atoms with Crippen molar-refractivity contribution in [3.05, 3.63) is 29.3 Å². The number of carbonyl (C=O) groups is 1. The third-order valence-electron chi connectivity index (χ3n) is 6.95. The molecule has 27 heavy (non-hydrogen) atoms. The molecule has 0 bridgehead atoms. The molecule has 1 aromatic carbocycles. The van der Waals surface area contributed by atoms with Crippen molar-refractivity contribution in [3.63, 3.8) is 0 Å². The zero-order valence-electron chi connectivity index (χ0n) is 15.2. The van der Waals surface area contributed by atoms with Gasteiger partial charge in [-0.2, -0.15) is 0 Å². The van der Waals surface area contributed by atoms with Gasteiger partial charge in [-0.1, -0.05) is 18.1 Å². The highest BCUT2D eigenvalue weighted by Crippen LogP contribution is 2.61. The van der Waals surface area contributed by atoms with Gasteiger partial charge < -0.3 is 25.3 Å². The standard InChI is InChI=1S/C20H25NO6/c1-20-5-4-12-11-3-2-10(22)6-14(11)16(21-27-9-18(24)25)7-13(12)15(20)8-17(23)19(20)26/h2-3,6,12-13,15,17,19,22-23,26H,4-5,7-9H2,1H3,(H,24,25)/t12?,13?,15?,17-,19+,20?/m1/s1. The summed E-state index contributed by atoms with van der Waals surface area (Å²) in [7, 11) is 0. The van der Waals surface area contributed by atoms with E-state index in [9.17, 15) is 20.1 Å². The van der Waals surface area contributed by atoms with Crippen LogP contribution < -0.4 is 0 Å². The van der Waals surface area contributed by atoms with Crippen molar-refractivity contribution in [1.82, 2.24) is 0 Å². The van der Waals surface area contributed by atoms with Gasteiger partial charge in [0.2, 0.25) is 6.61 Å². The van der Waals surface area contributed by atoms with Crippen LogP contribution in [0.25, 0.3) is 0 Å². The maximum Gasteiger partial charge on any atom is 0.344 e. The van der Waals surface area contributed by atoms with Crippen molar-refractivity contribution in [2.75, 3.05) is 6.61 Å². The molecule has 6 atom stereocenters. The molecule has 4 unspecified atom stereocenters. The summed E-state index contributed by atoms with van der Waals surface area (Å²) in [6.45, 7) is 1.53. The number of benzene rings is 1. The first-order chi connectivity index (χ1) is 12.8. The number of aliphatic hydroxyl groups is 2. The minimum atomic E-state index is -1.10. The van der Waals surface area contributed by atoms with Crippen LogP contribution in [0.2, 0.25) is 0 Å². The average molecular weight is 375 g/mol. The van der Waals surface area contributed by atoms with Crippen LogP contribution in [-0.2, 0) is 9.63 Å². The van der Waals surface area contributed by atoms with E-state index in [1.165, 1.54) is 0 Å². The van der Waals surface area contributed by atoms with Crippen LogP contribution in [0.15, 0.2) is 23.4 Å². The Morgan fingerprint density at radius 2 is 2.15 bits per heavy atom. The molecule has 2 fully saturated rings. The third-order valence-corrected chi connectivity index (χ3v) is 6.95. The highest BCUT2D eigenvalue weighted by Gasteiger charge is 2.58. The molecule has 3 aliphatic rings. The number of aromatic hydroxyl groups is 1. The number of phenols is 1. The lowest BCUT2D eigenvalue weighted by Gasteiger charge is -2.49. The molecule has 3 aliphatic carbocycles. The lowest BCUT2D eigenvalue weighted by Crippen LogP contribution is -2.45. The number of hydrogen-bond donors (Lipinski definition) is 4. The first-order valence-corrected chi connectivity index (χ1v) is 9.41. The molecule has 146 valence electrons. The van der Waals surface area contributed by atoms with E-state index >= 15 is 0 Å². The van der Waals surface area contributed by atoms with Gasteiger partial charge in [0.15, 0.2) is 0 Å². The number of aliphatic carboxylic acids is 1. The lowest BCUT2D eigenvalue weighted by atomic mass is 9.55. The molecule has 0 heterocycles. The van der Waals surface area contributed by atoms with Gasteiger partial charge in [-0.15, -0.1) is 0 Å². The molecule has 0 amide bonds. The number of carboxylic acid groups (broad SMARTS) is 1. The second-order valence-corrected chi connectivity index (χ2v) is 8.35. The van der Waals surface area contributed by atoms with Gasteiger partial charge in [0, 0.05) is 5.56 Å². The summed E-state index contributed by atoms with van der Waals surface area (Å²) < 4.78 is 0. The van der Waals surface area contributed by atoms with Crippen molar-refractivity contribution in [3.8, 4) is 5.75 Å². The van der Waals surface area contributed by atoms with Gasteiger partial charge in [0.1, 0.15) is 5.75 Å². The predicted octanol–water partition coefficient (Wildman–Crippen LogP) is 1.84. The summed E-state index contributed by atoms with van der Waals surface area (Å²) in [5.41, 5.74) is 2.15. The van der Waals surface area contributed by atoms with E-state index in [4.69, 9.17) is 9.94 Å². The van der Waals surface area contributed by atoms with Gasteiger partial charge >= 0.3 is 5.97 Å². The molecule has 7 heteroatoms. The number of carboxylic acids is 1. The lowest BCUT2D eigenvalue weighted by molar-refractivity contribution is -0.142. The molecular weight excluding hydrogens is 350 g/mol. The van der Waals surface area contributed by atoms with E-state index in [-0.39, 0.29) is 28.9 Å². The van der Waals surface area contributed by atoms with Gasteiger partial charge in [0.25, 0.3) is 0 Å². The summed E-state index contributed by atoms with van der Waals surface area (Å²) in [4.78, 5) is 15.7. The second-order valence-electron chi connectivity index (χ2n) is 8.35. The van der Waals surface area contributed by atoms with Crippen LogP contribution in [0.1, 0.15) is 49.7 Å². The normalized spacial score (nSPS) is 38.8. The molecule has 4 N–H and O–H groups in total. The number of aliphatic hydroxyl groups excluding tert-OH is 2. The first-order valence-electron chi connectivity index (χ1n) is 9.41. The fraction of sp³-hybridized carbons (Fsp3) is 0.600. The number of phenolic OH excluding ortho intramolecular Hbond substituents is 1. The highest BCUT2D eigenvalue weighted by atomic mass is 16.6. The summed E-state index contributed by atoms with van der Waals surface area (Å²) in [5, 5.41) is 43.6. The average Bonchev–Trinajstić information content (AvgIpc) is 2.85. The summed E-state index contributed by atoms with van der Waals surface area (Å²) in [6.07, 6.45) is 1.40. The Kier molecular flexibility index (Phi) is 4.39. The molecule has 1 aromatic rings. The molecule has 4 rings (SSSR count). The summed E-state index contributed by atoms with van der Waals surface area (Å²) >= 11 is 0. The van der Waals surface area contributed by atoms with Crippen molar-refractivity contribution in [2.45, 2.75) is 50.7 Å². The van der Waals surface area contributed by atoms with E-state index in [1.807, 2.05) is 6.07 Å². The Bertz CT molecular complexity index is 793. The number of rotatable bonds is 3. The number of oxime groups is 1. The van der Waals surface area contributed by atoms with Gasteiger partial charge in [-0.25, -0.2) is 4.79 Å². The van der Waals surface area contributed by atoms with E-state index in [2.05, 4.69) is 12.1 Å². The quantitative estimate of drug-likeness (QED) is 0.599. The maximum absolute atomic E-state index is 10.7. The number of hydrogen-bond acceptors (Lipinski definition) is 6. The number of fused-ring (bicyclic) bond motifs is 5. The molecule has 0 spiro atoms. The molecule has 0 radical (unpaired) electrons. The summed E-state index contributed by atoms with van der Waals surface area (Å²) in [5.74, 6) is -0.385. The minimum Gasteiger partial charge on any atom is -0.508 e. The van der Waals surface area contributed by atoms with Gasteiger partial charge in [0.05, 0.1) is 17.9 Å². The largest absolute Gasteiger partial charge is 0.508 e. The van der Waals surface area contributed by atoms with E-state index in [0.717, 1.165) is 24.0 Å². The van der Waals surface area contributed by atoms with Crippen LogP contribution >= 0.6 is 0 Å². The molecule has 0 aliphatic heterocycles. The van der Waals surface area contributed by atoms with Crippen molar-refractivity contribution >= 4 is 11.7 Å². The number of nitrogens with zero attached hydrogens (tertiary/aromatic N) is 1. The Hall–Kier alpha value is -2.12. The zero-order valence-corrected chi connectivity index (χ0v) is 15.2. The third kappa shape index (κ3) is 2.89. The van der Waals surface area contributed by atoms with Crippen molar-refractivity contribution in [2.24, 2.45) is 22.4 Å². The van der Waals surface area contributed by atoms with Crippen LogP contribution in [-0.4, -0.2) is 50.9 Å². The highest BCUT2D eigenvalue weighted by molar-refractivity contribution is 6.03. The van der Waals surface area contributed by atoms with Crippen molar-refractivity contribution < 1.29 is 30.1 Å². The monoisotopic (exact) mass is 375 g/mol. The minimum absolute atomic E-state index is 0.130. The van der Waals surface area contributed by atoms with Crippen LogP contribution in [0, 0.1) is 17.3 Å². The Labute approximate surface area is 157 Å². The molecule has 7 nitrogen and oxygen atoms in total. The first kappa shape index (κ1) is 18.3. The van der Waals surface area contributed by atoms with Crippen LogP contribution in [0.3, 0.4) is 0 Å². The van der Waals surface area contributed by atoms with E-state index < -0.39 is 24.8 Å². The Morgan fingerprint density at radius 3 is 2.89 bits per heavy atom. The van der Waals surface area contributed by atoms with Crippen LogP contribution in [0.4, 0.5) is 0 Å². The van der Waals surface area contributed by atoms with E-state index in [1.54, 1.807) is 12.1 Å². The Balaban J connectivity index is 1.73. The van der Waals surface area contributed by atoms with Gasteiger partial charge in [-0.3, -0.25) is 0 Å².